The van der Waals surface area contributed by atoms with E-state index in [0.717, 1.165) is 15.6 Å². The molecule has 0 amide bonds. The minimum atomic E-state index is -0.931. The van der Waals surface area contributed by atoms with Gasteiger partial charge in [0.15, 0.2) is 0 Å². The van der Waals surface area contributed by atoms with Crippen molar-refractivity contribution in [2.75, 3.05) is 0 Å². The van der Waals surface area contributed by atoms with Crippen molar-refractivity contribution < 1.29 is 15.1 Å². The molecular formula is C7H6Cl4Zn. The average molecular weight is 297 g/mol. The Kier molecular flexibility index (Phi) is 8.03. The van der Waals surface area contributed by atoms with Crippen molar-refractivity contribution in [2.45, 2.75) is 6.92 Å². The molecule has 0 atom stereocenters. The predicted octanol–water partition coefficient (Wildman–Crippen LogP) is 4.68. The molecule has 0 bridgehead atoms. The van der Waals surface area contributed by atoms with Crippen LogP contribution in [-0.2, 0) is 15.1 Å². The van der Waals surface area contributed by atoms with Gasteiger partial charge >= 0.3 is 34.5 Å². The Morgan fingerprint density at radius 1 is 1.08 bits per heavy atom. The van der Waals surface area contributed by atoms with Gasteiger partial charge in [-0.1, -0.05) is 29.3 Å². The van der Waals surface area contributed by atoms with E-state index in [1.54, 1.807) is 0 Å². The van der Waals surface area contributed by atoms with E-state index in [0.29, 0.717) is 0 Å². The number of rotatable bonds is 0. The van der Waals surface area contributed by atoms with Gasteiger partial charge in [0.05, 0.1) is 0 Å². The van der Waals surface area contributed by atoms with Crippen LogP contribution in [0, 0.1) is 6.92 Å². The van der Waals surface area contributed by atoms with E-state index in [4.69, 9.17) is 42.6 Å². The van der Waals surface area contributed by atoms with Gasteiger partial charge in [-0.05, 0) is 24.6 Å². The molecule has 0 spiro atoms. The molecule has 0 saturated carbocycles. The van der Waals surface area contributed by atoms with Gasteiger partial charge in [0, 0.05) is 10.0 Å². The van der Waals surface area contributed by atoms with E-state index in [9.17, 15) is 0 Å². The molecule has 0 unspecified atom stereocenters. The second kappa shape index (κ2) is 7.41. The molecule has 0 radical (unpaired) electrons. The van der Waals surface area contributed by atoms with Crippen molar-refractivity contribution in [1.82, 2.24) is 0 Å². The quantitative estimate of drug-likeness (QED) is 0.610. The first-order chi connectivity index (χ1) is 5.63. The van der Waals surface area contributed by atoms with Crippen LogP contribution in [0.25, 0.3) is 0 Å². The molecule has 1 aromatic carbocycles. The van der Waals surface area contributed by atoms with Crippen molar-refractivity contribution in [1.29, 1.82) is 0 Å². The zero-order valence-electron chi connectivity index (χ0n) is 6.45. The molecule has 0 aliphatic carbocycles. The number of hydrogen-bond donors (Lipinski definition) is 0. The van der Waals surface area contributed by atoms with Gasteiger partial charge in [0.25, 0.3) is 0 Å². The third-order valence-corrected chi connectivity index (χ3v) is 2.02. The van der Waals surface area contributed by atoms with Crippen LogP contribution in [-0.4, -0.2) is 0 Å². The summed E-state index contributed by atoms with van der Waals surface area (Å²) in [6, 6.07) is 5.48. The molecule has 0 fully saturated rings. The summed E-state index contributed by atoms with van der Waals surface area (Å²) in [4.78, 5) is 0. The van der Waals surface area contributed by atoms with Crippen molar-refractivity contribution in [3.63, 3.8) is 0 Å². The van der Waals surface area contributed by atoms with Crippen LogP contribution in [0.3, 0.4) is 0 Å². The molecule has 0 aliphatic heterocycles. The first-order valence-electron chi connectivity index (χ1n) is 3.16. The second-order valence-corrected chi connectivity index (χ2v) is 7.39. The third kappa shape index (κ3) is 4.89. The Morgan fingerprint density at radius 2 is 1.42 bits per heavy atom. The zero-order chi connectivity index (χ0) is 9.56. The van der Waals surface area contributed by atoms with Crippen molar-refractivity contribution in [3.8, 4) is 0 Å². The fraction of sp³-hybridized carbons (Fsp3) is 0.143. The van der Waals surface area contributed by atoms with Gasteiger partial charge in [0.1, 0.15) is 0 Å². The molecule has 0 heterocycles. The summed E-state index contributed by atoms with van der Waals surface area (Å²) in [6.07, 6.45) is 0. The van der Waals surface area contributed by atoms with Gasteiger partial charge in [-0.3, -0.25) is 0 Å². The predicted molar refractivity (Wildman–Crippen MR) is 52.9 cm³/mol. The molecule has 0 aromatic heterocycles. The number of benzene rings is 1. The Morgan fingerprint density at radius 3 is 1.67 bits per heavy atom. The van der Waals surface area contributed by atoms with Crippen molar-refractivity contribution in [2.24, 2.45) is 0 Å². The molecule has 0 aliphatic rings. The fourth-order valence-corrected chi connectivity index (χ4v) is 0.979. The molecule has 0 saturated heterocycles. The zero-order valence-corrected chi connectivity index (χ0v) is 12.4. The maximum atomic E-state index is 5.73. The van der Waals surface area contributed by atoms with Crippen LogP contribution in [0.15, 0.2) is 18.2 Å². The molecule has 1 aromatic rings. The van der Waals surface area contributed by atoms with Gasteiger partial charge in [-0.15, -0.1) is 0 Å². The Balaban J connectivity index is 0.000000354. The Bertz CT molecular complexity index is 219. The topological polar surface area (TPSA) is 0 Å². The number of hydrogen-bond acceptors (Lipinski definition) is 0. The SMILES string of the molecule is Cc1c(Cl)cccc1Cl.[Cl][Zn][Cl]. The molecule has 1 rings (SSSR count). The van der Waals surface area contributed by atoms with Gasteiger partial charge in [-0.2, -0.15) is 0 Å². The molecule has 0 N–H and O–H groups in total. The monoisotopic (exact) mass is 294 g/mol. The average Bonchev–Trinajstić information content (AvgIpc) is 2.02. The van der Waals surface area contributed by atoms with Crippen molar-refractivity contribution in [3.05, 3.63) is 33.8 Å². The van der Waals surface area contributed by atoms with Crippen LogP contribution >= 0.6 is 42.6 Å². The summed E-state index contributed by atoms with van der Waals surface area (Å²) in [5.41, 5.74) is 0.945. The van der Waals surface area contributed by atoms with E-state index in [1.165, 1.54) is 0 Å². The number of halogens is 4. The summed E-state index contributed by atoms with van der Waals surface area (Å²) >= 11 is 10.5. The molecule has 5 heteroatoms. The molecule has 64 valence electrons. The minimum absolute atomic E-state index is 0.725. The third-order valence-electron chi connectivity index (χ3n) is 1.20. The standard InChI is InChI=1S/C7H6Cl2.2ClH.Zn/c1-5-6(8)3-2-4-7(5)9;;;/h2-4H,1H3;2*1H;/q;;;+2/p-2. The van der Waals surface area contributed by atoms with Crippen LogP contribution in [0.4, 0.5) is 0 Å². The van der Waals surface area contributed by atoms with Gasteiger partial charge in [-0.25, -0.2) is 0 Å². The van der Waals surface area contributed by atoms with Crippen LogP contribution in [0.2, 0.25) is 10.0 Å². The molecule has 12 heavy (non-hydrogen) atoms. The molecule has 0 nitrogen and oxygen atoms in total. The fourth-order valence-electron chi connectivity index (χ4n) is 0.581. The summed E-state index contributed by atoms with van der Waals surface area (Å²) in [5, 5.41) is 1.45. The van der Waals surface area contributed by atoms with Crippen LogP contribution in [0.5, 0.6) is 0 Å². The second-order valence-electron chi connectivity index (χ2n) is 1.95. The van der Waals surface area contributed by atoms with Gasteiger partial charge < -0.3 is 0 Å². The van der Waals surface area contributed by atoms with Gasteiger partial charge in [0.2, 0.25) is 0 Å². The van der Waals surface area contributed by atoms with Crippen LogP contribution < -0.4 is 0 Å². The van der Waals surface area contributed by atoms with E-state index in [1.807, 2.05) is 25.1 Å². The first kappa shape index (κ1) is 13.0. The maximum absolute atomic E-state index is 5.73. The summed E-state index contributed by atoms with van der Waals surface area (Å²) in [5.74, 6) is 0. The van der Waals surface area contributed by atoms with E-state index in [2.05, 4.69) is 0 Å². The summed E-state index contributed by atoms with van der Waals surface area (Å²) in [7, 11) is 9.90. The van der Waals surface area contributed by atoms with E-state index < -0.39 is 15.1 Å². The normalized spacial score (nSPS) is 8.08. The van der Waals surface area contributed by atoms with E-state index >= 15 is 0 Å². The summed E-state index contributed by atoms with van der Waals surface area (Å²) in [6.45, 7) is 1.89. The van der Waals surface area contributed by atoms with Crippen molar-refractivity contribution >= 4 is 42.6 Å². The summed E-state index contributed by atoms with van der Waals surface area (Å²) < 4.78 is 0. The van der Waals surface area contributed by atoms with E-state index in [-0.39, 0.29) is 0 Å². The molecular weight excluding hydrogens is 291 g/mol. The first-order valence-corrected chi connectivity index (χ1v) is 11.7. The van der Waals surface area contributed by atoms with Crippen LogP contribution in [0.1, 0.15) is 5.56 Å². The Hall–Kier alpha value is 1.00. The Labute approximate surface area is 97.8 Å².